The highest BCUT2D eigenvalue weighted by atomic mass is 32.2. The molecule has 0 fully saturated rings. The maximum absolute atomic E-state index is 4.83. The Morgan fingerprint density at radius 3 is 2.67 bits per heavy atom. The molecule has 34 valence electrons. The van der Waals surface area contributed by atoms with Crippen LogP contribution in [0.25, 0.3) is 0 Å². The van der Waals surface area contributed by atoms with Crippen LogP contribution in [0.1, 0.15) is 6.92 Å². The van der Waals surface area contributed by atoms with Crippen LogP contribution < -0.4 is 5.73 Å². The van der Waals surface area contributed by atoms with Crippen molar-refractivity contribution in [3.63, 3.8) is 0 Å². The van der Waals surface area contributed by atoms with Gasteiger partial charge in [0.05, 0.1) is 0 Å². The number of rotatable bonds is 1. The van der Waals surface area contributed by atoms with Crippen LogP contribution in [0.3, 0.4) is 0 Å². The van der Waals surface area contributed by atoms with E-state index in [9.17, 15) is 0 Å². The molecule has 0 amide bonds. The van der Waals surface area contributed by atoms with Crippen LogP contribution in [0.5, 0.6) is 0 Å². The van der Waals surface area contributed by atoms with Crippen LogP contribution in [0, 0.1) is 11.3 Å². The maximum atomic E-state index is 4.83. The summed E-state index contributed by atoms with van der Waals surface area (Å²) in [6.45, 7) is 2.04. The zero-order valence-corrected chi connectivity index (χ0v) is 4.51. The summed E-state index contributed by atoms with van der Waals surface area (Å²) >= 11 is 1.52. The van der Waals surface area contributed by atoms with E-state index in [4.69, 9.17) is 5.73 Å². The molecule has 0 aromatic heterocycles. The molecular weight excluding hydrogens is 94.1 g/mol. The van der Waals surface area contributed by atoms with Crippen LogP contribution in [0.2, 0.25) is 0 Å². The maximum Gasteiger partial charge on any atom is 0.0137 e. The molecule has 0 aliphatic rings. The Labute approximate surface area is 42.3 Å². The number of hydrogen-bond acceptors (Lipinski definition) is 2. The first kappa shape index (κ1) is 5.71. The first-order chi connectivity index (χ1) is 2.91. The highest BCUT2D eigenvalue weighted by Crippen LogP contribution is 1.90. The molecule has 0 unspecified atom stereocenters. The Morgan fingerprint density at radius 1 is 1.83 bits per heavy atom. The number of thioether (sulfide) groups is 1. The third-order valence-electron chi connectivity index (χ3n) is 0.275. The summed E-state index contributed by atoms with van der Waals surface area (Å²) in [6, 6.07) is 2.28. The average molecular weight is 101 g/mol. The topological polar surface area (TPSA) is 26.0 Å². The molecule has 0 saturated carbocycles. The van der Waals surface area contributed by atoms with Gasteiger partial charge in [-0.15, -0.1) is 0 Å². The summed E-state index contributed by atoms with van der Waals surface area (Å²) in [7, 11) is 0. The van der Waals surface area contributed by atoms with Gasteiger partial charge in [-0.1, -0.05) is 18.7 Å². The fourth-order valence-electron chi connectivity index (χ4n) is 0.114. The lowest BCUT2D eigenvalue weighted by molar-refractivity contribution is 1.54. The van der Waals surface area contributed by atoms with E-state index in [0.717, 1.165) is 5.75 Å². The third-order valence-corrected chi connectivity index (χ3v) is 0.826. The lowest BCUT2D eigenvalue weighted by atomic mass is 11.0. The van der Waals surface area contributed by atoms with Gasteiger partial charge in [-0.05, 0) is 5.25 Å². The molecule has 0 rings (SSSR count). The minimum atomic E-state index is 1.02. The smallest absolute Gasteiger partial charge is 0.0137 e. The van der Waals surface area contributed by atoms with Gasteiger partial charge < -0.3 is 5.73 Å². The van der Waals surface area contributed by atoms with Crippen LogP contribution >= 0.6 is 11.8 Å². The van der Waals surface area contributed by atoms with Crippen molar-refractivity contribution in [1.29, 1.82) is 0 Å². The van der Waals surface area contributed by atoms with Crippen molar-refractivity contribution in [3.05, 3.63) is 0 Å². The largest absolute Gasteiger partial charge is 0.359 e. The summed E-state index contributed by atoms with van der Waals surface area (Å²) in [5.41, 5.74) is 4.83. The van der Waals surface area contributed by atoms with E-state index in [1.807, 2.05) is 6.92 Å². The minimum absolute atomic E-state index is 1.02. The second-order valence-electron chi connectivity index (χ2n) is 0.679. The summed E-state index contributed by atoms with van der Waals surface area (Å²) in [5.74, 6) is 1.02. The van der Waals surface area contributed by atoms with Crippen molar-refractivity contribution in [2.75, 3.05) is 5.75 Å². The Kier molecular flexibility index (Phi) is 4.48. The second kappa shape index (κ2) is 4.71. The zero-order chi connectivity index (χ0) is 4.83. The Balaban J connectivity index is 2.79. The average Bonchev–Trinajstić information content (AvgIpc) is 1.61. The molecule has 0 radical (unpaired) electrons. The fraction of sp³-hybridized carbons (Fsp3) is 0.500. The summed E-state index contributed by atoms with van der Waals surface area (Å²) in [5, 5.41) is 2.64. The molecule has 0 aromatic rings. The summed E-state index contributed by atoms with van der Waals surface area (Å²) in [6.07, 6.45) is 0. The van der Waals surface area contributed by atoms with E-state index in [-0.39, 0.29) is 0 Å². The van der Waals surface area contributed by atoms with Crippen molar-refractivity contribution in [1.82, 2.24) is 0 Å². The monoisotopic (exact) mass is 101 g/mol. The highest BCUT2D eigenvalue weighted by Gasteiger charge is 1.64. The van der Waals surface area contributed by atoms with Crippen LogP contribution in [0.15, 0.2) is 0 Å². The van der Waals surface area contributed by atoms with E-state index in [2.05, 4.69) is 11.3 Å². The molecule has 0 bridgehead atoms. The molecule has 0 heterocycles. The number of hydrogen-bond donors (Lipinski definition) is 1. The first-order valence-electron chi connectivity index (χ1n) is 1.74. The van der Waals surface area contributed by atoms with Crippen molar-refractivity contribution in [3.8, 4) is 11.3 Å². The lowest BCUT2D eigenvalue weighted by Crippen LogP contribution is -1.73. The van der Waals surface area contributed by atoms with Gasteiger partial charge in [0.15, 0.2) is 0 Å². The van der Waals surface area contributed by atoms with Crippen molar-refractivity contribution < 1.29 is 0 Å². The first-order valence-corrected chi connectivity index (χ1v) is 2.72. The number of nitrogens with two attached hydrogens (primary N) is 1. The lowest BCUT2D eigenvalue weighted by Gasteiger charge is -1.71. The zero-order valence-electron chi connectivity index (χ0n) is 3.69. The van der Waals surface area contributed by atoms with Crippen molar-refractivity contribution in [2.45, 2.75) is 6.92 Å². The predicted molar refractivity (Wildman–Crippen MR) is 30.1 cm³/mol. The van der Waals surface area contributed by atoms with Gasteiger partial charge in [0.25, 0.3) is 0 Å². The standard InChI is InChI=1S/C4H7NS/c1-2-6-4-3-5/h2,5H2,1H3. The third kappa shape index (κ3) is 3.71. The van der Waals surface area contributed by atoms with Gasteiger partial charge in [-0.2, -0.15) is 0 Å². The Morgan fingerprint density at radius 2 is 2.50 bits per heavy atom. The molecule has 0 atom stereocenters. The van der Waals surface area contributed by atoms with Gasteiger partial charge in [0.1, 0.15) is 0 Å². The normalized spacial score (nSPS) is 6.17. The van der Waals surface area contributed by atoms with Crippen LogP contribution in [-0.4, -0.2) is 5.75 Å². The van der Waals surface area contributed by atoms with E-state index in [1.54, 1.807) is 0 Å². The molecule has 2 heteroatoms. The highest BCUT2D eigenvalue weighted by molar-refractivity contribution is 8.03. The van der Waals surface area contributed by atoms with Gasteiger partial charge in [0.2, 0.25) is 0 Å². The Hall–Kier alpha value is -0.290. The molecule has 1 nitrogen and oxygen atoms in total. The SMILES string of the molecule is CCSC#CN. The van der Waals surface area contributed by atoms with Gasteiger partial charge >= 0.3 is 0 Å². The predicted octanol–water partition coefficient (Wildman–Crippen LogP) is 0.617. The summed E-state index contributed by atoms with van der Waals surface area (Å²) in [4.78, 5) is 0. The van der Waals surface area contributed by atoms with Crippen LogP contribution in [0.4, 0.5) is 0 Å². The van der Waals surface area contributed by atoms with Gasteiger partial charge in [-0.3, -0.25) is 0 Å². The molecule has 2 N–H and O–H groups in total. The quantitative estimate of drug-likeness (QED) is 0.387. The van der Waals surface area contributed by atoms with Gasteiger partial charge in [0, 0.05) is 11.8 Å². The Bertz CT molecular complexity index is 69.4. The van der Waals surface area contributed by atoms with E-state index < -0.39 is 0 Å². The summed E-state index contributed by atoms with van der Waals surface area (Å²) < 4.78 is 0. The molecule has 0 aromatic carbocycles. The fourth-order valence-corrected chi connectivity index (χ4v) is 0.342. The van der Waals surface area contributed by atoms with E-state index in [0.29, 0.717) is 0 Å². The molecular formula is C4H7NS. The molecule has 0 aliphatic heterocycles. The van der Waals surface area contributed by atoms with Crippen LogP contribution in [-0.2, 0) is 0 Å². The minimum Gasteiger partial charge on any atom is -0.359 e. The molecule has 6 heavy (non-hydrogen) atoms. The van der Waals surface area contributed by atoms with Crippen molar-refractivity contribution >= 4 is 11.8 Å². The molecule has 0 saturated heterocycles. The second-order valence-corrected chi connectivity index (χ2v) is 1.75. The molecule has 0 spiro atoms. The van der Waals surface area contributed by atoms with Gasteiger partial charge in [-0.25, -0.2) is 0 Å². The van der Waals surface area contributed by atoms with Crippen molar-refractivity contribution in [2.24, 2.45) is 5.73 Å². The van der Waals surface area contributed by atoms with E-state index in [1.165, 1.54) is 11.8 Å². The molecule has 0 aliphatic carbocycles. The van der Waals surface area contributed by atoms with E-state index >= 15 is 0 Å².